The van der Waals surface area contributed by atoms with E-state index in [0.717, 1.165) is 6.42 Å². The van der Waals surface area contributed by atoms with Crippen molar-refractivity contribution in [1.29, 1.82) is 0 Å². The zero-order valence-electron chi connectivity index (χ0n) is 9.53. The molecule has 0 bridgehead atoms. The Morgan fingerprint density at radius 2 is 2.11 bits per heavy atom. The van der Waals surface area contributed by atoms with Gasteiger partial charge in [0, 0.05) is 5.69 Å². The third-order valence-electron chi connectivity index (χ3n) is 3.38. The van der Waals surface area contributed by atoms with E-state index in [0.29, 0.717) is 24.1 Å². The van der Waals surface area contributed by atoms with Crippen molar-refractivity contribution >= 4 is 11.7 Å². The largest absolute Gasteiger partial charge is 0.481 e. The number of carboxylic acid groups (broad SMARTS) is 1. The Morgan fingerprint density at radius 3 is 2.56 bits per heavy atom. The van der Waals surface area contributed by atoms with Gasteiger partial charge in [-0.15, -0.1) is 0 Å². The molecule has 0 aromatic heterocycles. The lowest BCUT2D eigenvalue weighted by atomic mass is 9.64. The van der Waals surface area contributed by atoms with Crippen LogP contribution in [0.25, 0.3) is 0 Å². The van der Waals surface area contributed by atoms with Gasteiger partial charge in [-0.1, -0.05) is 6.42 Å². The molecule has 4 nitrogen and oxygen atoms in total. The summed E-state index contributed by atoms with van der Waals surface area (Å²) in [5.41, 5.74) is 5.35. The predicted octanol–water partition coefficient (Wildman–Crippen LogP) is 2.38. The van der Waals surface area contributed by atoms with Gasteiger partial charge in [0.05, 0.1) is 5.41 Å². The molecule has 1 fully saturated rings. The summed E-state index contributed by atoms with van der Waals surface area (Å²) in [4.78, 5) is 11.3. The highest BCUT2D eigenvalue weighted by atomic mass is 19.3. The minimum absolute atomic E-state index is 0.0678. The van der Waals surface area contributed by atoms with Gasteiger partial charge in [0.1, 0.15) is 5.75 Å². The van der Waals surface area contributed by atoms with Crippen LogP contribution >= 0.6 is 0 Å². The molecule has 2 rings (SSSR count). The Balaban J connectivity index is 2.40. The van der Waals surface area contributed by atoms with Crippen LogP contribution in [0.3, 0.4) is 0 Å². The normalized spacial score (nSPS) is 17.3. The smallest absolute Gasteiger partial charge is 0.387 e. The molecule has 0 aliphatic heterocycles. The summed E-state index contributed by atoms with van der Waals surface area (Å²) >= 11 is 0. The van der Waals surface area contributed by atoms with Crippen molar-refractivity contribution in [3.8, 4) is 5.75 Å². The van der Waals surface area contributed by atoms with E-state index in [9.17, 15) is 18.7 Å². The molecular formula is C12H13F2NO3. The Bertz CT molecular complexity index is 472. The van der Waals surface area contributed by atoms with Crippen molar-refractivity contribution in [3.63, 3.8) is 0 Å². The standard InChI is InChI=1S/C12H13F2NO3/c13-11(14)18-7-2-3-9(15)8(6-7)12(10(16)17)4-1-5-12/h2-3,6,11H,1,4-5,15H2,(H,16,17). The van der Waals surface area contributed by atoms with Gasteiger partial charge in [-0.05, 0) is 36.6 Å². The van der Waals surface area contributed by atoms with E-state index in [4.69, 9.17) is 5.73 Å². The quantitative estimate of drug-likeness (QED) is 0.812. The second kappa shape index (κ2) is 4.44. The Morgan fingerprint density at radius 1 is 1.44 bits per heavy atom. The number of alkyl halides is 2. The molecule has 0 atom stereocenters. The van der Waals surface area contributed by atoms with E-state index < -0.39 is 18.0 Å². The third-order valence-corrected chi connectivity index (χ3v) is 3.38. The summed E-state index contributed by atoms with van der Waals surface area (Å²) in [5.74, 6) is -1.05. The molecule has 0 amide bonds. The number of benzene rings is 1. The van der Waals surface area contributed by atoms with Crippen molar-refractivity contribution in [1.82, 2.24) is 0 Å². The Kier molecular flexibility index (Phi) is 3.11. The number of aliphatic carboxylic acids is 1. The lowest BCUT2D eigenvalue weighted by molar-refractivity contribution is -0.147. The molecule has 1 aromatic carbocycles. The van der Waals surface area contributed by atoms with Gasteiger partial charge in [-0.2, -0.15) is 8.78 Å². The monoisotopic (exact) mass is 257 g/mol. The number of halogens is 2. The van der Waals surface area contributed by atoms with Crippen LogP contribution in [0, 0.1) is 0 Å². The first-order valence-corrected chi connectivity index (χ1v) is 5.54. The van der Waals surface area contributed by atoms with Crippen LogP contribution in [0.4, 0.5) is 14.5 Å². The number of nitrogens with two attached hydrogens (primary N) is 1. The molecule has 0 radical (unpaired) electrons. The maximum Gasteiger partial charge on any atom is 0.387 e. The average molecular weight is 257 g/mol. The fourth-order valence-corrected chi connectivity index (χ4v) is 2.25. The van der Waals surface area contributed by atoms with Crippen LogP contribution in [0.2, 0.25) is 0 Å². The van der Waals surface area contributed by atoms with Crippen molar-refractivity contribution in [2.45, 2.75) is 31.3 Å². The zero-order chi connectivity index (χ0) is 13.3. The summed E-state index contributed by atoms with van der Waals surface area (Å²) in [7, 11) is 0. The summed E-state index contributed by atoms with van der Waals surface area (Å²) in [6.07, 6.45) is 1.71. The van der Waals surface area contributed by atoms with Crippen molar-refractivity contribution in [3.05, 3.63) is 23.8 Å². The maximum atomic E-state index is 12.1. The van der Waals surface area contributed by atoms with Crippen LogP contribution in [-0.2, 0) is 10.2 Å². The number of carbonyl (C=O) groups is 1. The molecular weight excluding hydrogens is 244 g/mol. The number of hydrogen-bond acceptors (Lipinski definition) is 3. The maximum absolute atomic E-state index is 12.1. The van der Waals surface area contributed by atoms with E-state index in [-0.39, 0.29) is 5.75 Å². The lowest BCUT2D eigenvalue weighted by Gasteiger charge is -2.38. The van der Waals surface area contributed by atoms with E-state index in [1.165, 1.54) is 18.2 Å². The molecule has 0 spiro atoms. The van der Waals surface area contributed by atoms with E-state index in [1.54, 1.807) is 0 Å². The van der Waals surface area contributed by atoms with E-state index in [2.05, 4.69) is 4.74 Å². The van der Waals surface area contributed by atoms with Crippen molar-refractivity contribution < 1.29 is 23.4 Å². The summed E-state index contributed by atoms with van der Waals surface area (Å²) in [5, 5.41) is 9.29. The third kappa shape index (κ3) is 1.98. The van der Waals surface area contributed by atoms with E-state index in [1.807, 2.05) is 0 Å². The van der Waals surface area contributed by atoms with Gasteiger partial charge in [-0.3, -0.25) is 4.79 Å². The second-order valence-corrected chi connectivity index (χ2v) is 4.37. The van der Waals surface area contributed by atoms with Gasteiger partial charge in [0.2, 0.25) is 0 Å². The SMILES string of the molecule is Nc1ccc(OC(F)F)cc1C1(C(=O)O)CCC1. The molecule has 0 saturated heterocycles. The highest BCUT2D eigenvalue weighted by molar-refractivity contribution is 5.85. The van der Waals surface area contributed by atoms with Gasteiger partial charge < -0.3 is 15.6 Å². The zero-order valence-corrected chi connectivity index (χ0v) is 9.53. The number of nitrogen functional groups attached to an aromatic ring is 1. The summed E-state index contributed by atoms with van der Waals surface area (Å²) < 4.78 is 28.5. The minimum atomic E-state index is -2.94. The van der Waals surface area contributed by atoms with E-state index >= 15 is 0 Å². The van der Waals surface area contributed by atoms with Crippen molar-refractivity contribution in [2.24, 2.45) is 0 Å². The number of anilines is 1. The molecule has 6 heteroatoms. The van der Waals surface area contributed by atoms with Gasteiger partial charge in [-0.25, -0.2) is 0 Å². The number of rotatable bonds is 4. The van der Waals surface area contributed by atoms with Crippen LogP contribution in [0.15, 0.2) is 18.2 Å². The second-order valence-electron chi connectivity index (χ2n) is 4.37. The van der Waals surface area contributed by atoms with Gasteiger partial charge in [0.15, 0.2) is 0 Å². The Labute approximate surface area is 102 Å². The van der Waals surface area contributed by atoms with Crippen LogP contribution < -0.4 is 10.5 Å². The molecule has 3 N–H and O–H groups in total. The highest BCUT2D eigenvalue weighted by Crippen LogP contribution is 2.47. The molecule has 98 valence electrons. The predicted molar refractivity (Wildman–Crippen MR) is 60.7 cm³/mol. The van der Waals surface area contributed by atoms with Crippen LogP contribution in [0.5, 0.6) is 5.75 Å². The molecule has 1 saturated carbocycles. The van der Waals surface area contributed by atoms with Gasteiger partial charge >= 0.3 is 12.6 Å². The fourth-order valence-electron chi connectivity index (χ4n) is 2.25. The topological polar surface area (TPSA) is 72.5 Å². The molecule has 1 aliphatic carbocycles. The van der Waals surface area contributed by atoms with Gasteiger partial charge in [0.25, 0.3) is 0 Å². The first-order chi connectivity index (χ1) is 8.45. The Hall–Kier alpha value is -1.85. The highest BCUT2D eigenvalue weighted by Gasteiger charge is 2.47. The molecule has 0 heterocycles. The molecule has 0 unspecified atom stereocenters. The molecule has 18 heavy (non-hydrogen) atoms. The molecule has 1 aromatic rings. The van der Waals surface area contributed by atoms with Crippen LogP contribution in [0.1, 0.15) is 24.8 Å². The fraction of sp³-hybridized carbons (Fsp3) is 0.417. The first kappa shape index (κ1) is 12.6. The average Bonchev–Trinajstić information content (AvgIpc) is 2.19. The summed E-state index contributed by atoms with van der Waals surface area (Å²) in [6.45, 7) is -2.94. The first-order valence-electron chi connectivity index (χ1n) is 5.54. The molecule has 1 aliphatic rings. The summed E-state index contributed by atoms with van der Waals surface area (Å²) in [6, 6.07) is 4.00. The van der Waals surface area contributed by atoms with Crippen molar-refractivity contribution in [2.75, 3.05) is 5.73 Å². The number of ether oxygens (including phenoxy) is 1. The number of carboxylic acids is 1. The lowest BCUT2D eigenvalue weighted by Crippen LogP contribution is -2.42. The van der Waals surface area contributed by atoms with Crippen LogP contribution in [-0.4, -0.2) is 17.7 Å². The number of hydrogen-bond donors (Lipinski definition) is 2. The minimum Gasteiger partial charge on any atom is -0.481 e.